The van der Waals surface area contributed by atoms with Gasteiger partial charge in [0.15, 0.2) is 0 Å². The lowest BCUT2D eigenvalue weighted by molar-refractivity contribution is 0.0526. The zero-order chi connectivity index (χ0) is 14.8. The third-order valence-electron chi connectivity index (χ3n) is 3.30. The number of rotatable bonds is 3. The molecule has 0 fully saturated rings. The van der Waals surface area contributed by atoms with Crippen LogP contribution in [-0.4, -0.2) is 24.0 Å². The van der Waals surface area contributed by atoms with E-state index in [1.165, 1.54) is 0 Å². The summed E-state index contributed by atoms with van der Waals surface area (Å²) >= 11 is 6.17. The van der Waals surface area contributed by atoms with Gasteiger partial charge in [-0.05, 0) is 30.7 Å². The molecule has 0 saturated heterocycles. The summed E-state index contributed by atoms with van der Waals surface area (Å²) in [5.74, 6) is -0.320. The summed E-state index contributed by atoms with van der Waals surface area (Å²) in [5.41, 5.74) is 4.12. The van der Waals surface area contributed by atoms with Gasteiger partial charge in [0.1, 0.15) is 5.16 Å². The van der Waals surface area contributed by atoms with Gasteiger partial charge in [0.2, 0.25) is 0 Å². The second kappa shape index (κ2) is 5.66. The van der Waals surface area contributed by atoms with Gasteiger partial charge in [-0.15, -0.1) is 0 Å². The van der Waals surface area contributed by atoms with Crippen LogP contribution in [0.2, 0.25) is 0 Å². The maximum atomic E-state index is 11.6. The van der Waals surface area contributed by atoms with Gasteiger partial charge in [-0.3, -0.25) is 4.99 Å². The molecule has 0 N–H and O–H groups in total. The summed E-state index contributed by atoms with van der Waals surface area (Å²) in [6.07, 6.45) is 4.23. The van der Waals surface area contributed by atoms with Crippen molar-refractivity contribution in [2.24, 2.45) is 9.98 Å². The van der Waals surface area contributed by atoms with E-state index in [-0.39, 0.29) is 5.97 Å². The number of aliphatic imine (C=N–C) groups is 2. The number of allylic oxidation sites excluding steroid dienone is 2. The Morgan fingerprint density at radius 2 is 2.05 bits per heavy atom. The van der Waals surface area contributed by atoms with Crippen LogP contribution in [0.4, 0.5) is 0 Å². The zero-order valence-corrected chi connectivity index (χ0v) is 12.2. The number of nitrogens with zero attached hydrogens (tertiary/aromatic N) is 2. The molecule has 21 heavy (non-hydrogen) atoms. The standard InChI is InChI=1S/C16H13ClN2O2/c1-2-21-16(20)11-5-3-10(4-6-11)13-9-14-12(7-8-18-14)15(17)19-13/h3-8H,2,9H2,1H3. The molecule has 0 radical (unpaired) electrons. The van der Waals surface area contributed by atoms with Gasteiger partial charge in [0.25, 0.3) is 0 Å². The summed E-state index contributed by atoms with van der Waals surface area (Å²) in [6.45, 7) is 2.15. The van der Waals surface area contributed by atoms with E-state index >= 15 is 0 Å². The molecule has 2 aliphatic rings. The number of benzene rings is 1. The van der Waals surface area contributed by atoms with Crippen LogP contribution in [0.3, 0.4) is 0 Å². The molecule has 0 aromatic heterocycles. The van der Waals surface area contributed by atoms with Crippen LogP contribution in [0, 0.1) is 0 Å². The van der Waals surface area contributed by atoms with Crippen molar-refractivity contribution in [3.05, 3.63) is 58.4 Å². The van der Waals surface area contributed by atoms with Gasteiger partial charge in [0, 0.05) is 18.2 Å². The van der Waals surface area contributed by atoms with Crippen molar-refractivity contribution >= 4 is 29.0 Å². The molecule has 1 aromatic rings. The monoisotopic (exact) mass is 300 g/mol. The Morgan fingerprint density at radius 3 is 2.76 bits per heavy atom. The van der Waals surface area contributed by atoms with Crippen molar-refractivity contribution in [3.63, 3.8) is 0 Å². The number of halogens is 1. The summed E-state index contributed by atoms with van der Waals surface area (Å²) in [5, 5.41) is 0.457. The lowest BCUT2D eigenvalue weighted by Crippen LogP contribution is -2.15. The van der Waals surface area contributed by atoms with E-state index in [4.69, 9.17) is 16.3 Å². The quantitative estimate of drug-likeness (QED) is 0.634. The molecule has 0 bridgehead atoms. The highest BCUT2D eigenvalue weighted by atomic mass is 35.5. The van der Waals surface area contributed by atoms with E-state index in [1.54, 1.807) is 25.3 Å². The fourth-order valence-electron chi connectivity index (χ4n) is 2.25. The summed E-state index contributed by atoms with van der Waals surface area (Å²) in [7, 11) is 0. The van der Waals surface area contributed by atoms with Gasteiger partial charge < -0.3 is 4.74 Å². The van der Waals surface area contributed by atoms with Gasteiger partial charge >= 0.3 is 5.97 Å². The first-order valence-corrected chi connectivity index (χ1v) is 7.05. The van der Waals surface area contributed by atoms with Crippen molar-refractivity contribution in [2.45, 2.75) is 13.3 Å². The van der Waals surface area contributed by atoms with Crippen molar-refractivity contribution in [1.29, 1.82) is 0 Å². The SMILES string of the molecule is CCOC(=O)c1ccc(C2=NC(Cl)=C3C=CN=C3C2)cc1. The molecule has 5 heteroatoms. The van der Waals surface area contributed by atoms with Crippen LogP contribution in [0.5, 0.6) is 0 Å². The second-order valence-electron chi connectivity index (χ2n) is 4.63. The van der Waals surface area contributed by atoms with Gasteiger partial charge in [-0.1, -0.05) is 23.7 Å². The molecule has 2 aliphatic heterocycles. The first-order chi connectivity index (χ1) is 10.2. The Balaban J connectivity index is 1.86. The van der Waals surface area contributed by atoms with Crippen LogP contribution in [-0.2, 0) is 4.74 Å². The maximum Gasteiger partial charge on any atom is 0.338 e. The Morgan fingerprint density at radius 1 is 1.29 bits per heavy atom. The van der Waals surface area contributed by atoms with E-state index in [1.807, 2.05) is 18.2 Å². The molecule has 0 aliphatic carbocycles. The molecule has 2 heterocycles. The number of hydrogen-bond acceptors (Lipinski definition) is 4. The van der Waals surface area contributed by atoms with Crippen molar-refractivity contribution in [2.75, 3.05) is 6.61 Å². The van der Waals surface area contributed by atoms with E-state index in [0.29, 0.717) is 23.7 Å². The zero-order valence-electron chi connectivity index (χ0n) is 11.5. The minimum absolute atomic E-state index is 0.320. The number of carbonyl (C=O) groups is 1. The highest BCUT2D eigenvalue weighted by molar-refractivity contribution is 6.36. The molecule has 0 saturated carbocycles. The summed E-state index contributed by atoms with van der Waals surface area (Å²) in [4.78, 5) is 20.3. The summed E-state index contributed by atoms with van der Waals surface area (Å²) in [6, 6.07) is 7.17. The topological polar surface area (TPSA) is 51.0 Å². The smallest absolute Gasteiger partial charge is 0.338 e. The number of fused-ring (bicyclic) bond motifs is 1. The van der Waals surface area contributed by atoms with Crippen LogP contribution in [0.15, 0.2) is 57.3 Å². The van der Waals surface area contributed by atoms with Gasteiger partial charge in [-0.25, -0.2) is 9.79 Å². The molecular weight excluding hydrogens is 288 g/mol. The van der Waals surface area contributed by atoms with Gasteiger partial charge in [-0.2, -0.15) is 0 Å². The molecule has 106 valence electrons. The Hall–Kier alpha value is -2.20. The van der Waals surface area contributed by atoms with Crippen molar-refractivity contribution in [3.8, 4) is 0 Å². The highest BCUT2D eigenvalue weighted by Gasteiger charge is 2.21. The van der Waals surface area contributed by atoms with Crippen LogP contribution >= 0.6 is 11.6 Å². The number of carbonyl (C=O) groups excluding carboxylic acids is 1. The van der Waals surface area contributed by atoms with Crippen LogP contribution in [0.25, 0.3) is 0 Å². The van der Waals surface area contributed by atoms with E-state index in [2.05, 4.69) is 9.98 Å². The predicted octanol–water partition coefficient (Wildman–Crippen LogP) is 3.47. The predicted molar refractivity (Wildman–Crippen MR) is 83.0 cm³/mol. The van der Waals surface area contributed by atoms with Crippen molar-refractivity contribution < 1.29 is 9.53 Å². The normalized spacial score (nSPS) is 16.5. The third kappa shape index (κ3) is 2.67. The second-order valence-corrected chi connectivity index (χ2v) is 4.99. The van der Waals surface area contributed by atoms with E-state index in [9.17, 15) is 4.79 Å². The van der Waals surface area contributed by atoms with Gasteiger partial charge in [0.05, 0.1) is 23.6 Å². The lowest BCUT2D eigenvalue weighted by atomic mass is 9.98. The minimum Gasteiger partial charge on any atom is -0.462 e. The molecule has 0 atom stereocenters. The molecule has 1 aromatic carbocycles. The fourth-order valence-corrected chi connectivity index (χ4v) is 2.53. The third-order valence-corrected chi connectivity index (χ3v) is 3.59. The number of ether oxygens (including phenoxy) is 1. The van der Waals surface area contributed by atoms with Crippen LogP contribution in [0.1, 0.15) is 29.3 Å². The number of esters is 1. The first-order valence-electron chi connectivity index (χ1n) is 6.67. The van der Waals surface area contributed by atoms with Crippen molar-refractivity contribution in [1.82, 2.24) is 0 Å². The Kier molecular flexibility index (Phi) is 3.71. The molecule has 3 rings (SSSR count). The van der Waals surface area contributed by atoms with E-state index in [0.717, 1.165) is 22.6 Å². The summed E-state index contributed by atoms with van der Waals surface area (Å²) < 4.78 is 4.96. The van der Waals surface area contributed by atoms with Crippen LogP contribution < -0.4 is 0 Å². The molecular formula is C16H13ClN2O2. The fraction of sp³-hybridized carbons (Fsp3) is 0.188. The Labute approximate surface area is 127 Å². The average molecular weight is 301 g/mol. The average Bonchev–Trinajstić information content (AvgIpc) is 2.97. The Bertz CT molecular complexity index is 712. The maximum absolute atomic E-state index is 11.6. The largest absolute Gasteiger partial charge is 0.462 e. The molecule has 4 nitrogen and oxygen atoms in total. The van der Waals surface area contributed by atoms with E-state index < -0.39 is 0 Å². The highest BCUT2D eigenvalue weighted by Crippen LogP contribution is 2.27. The molecule has 0 unspecified atom stereocenters. The first kappa shape index (κ1) is 13.8. The lowest BCUT2D eigenvalue weighted by Gasteiger charge is -2.14. The number of hydrogen-bond donors (Lipinski definition) is 0. The molecule has 0 spiro atoms. The minimum atomic E-state index is -0.320. The molecule has 0 amide bonds.